The van der Waals surface area contributed by atoms with Crippen molar-refractivity contribution >= 4 is 0 Å². The van der Waals surface area contributed by atoms with Gasteiger partial charge in [-0.25, -0.2) is 4.68 Å². The molecule has 0 atom stereocenters. The van der Waals surface area contributed by atoms with Crippen LogP contribution in [0.3, 0.4) is 0 Å². The second-order valence-electron chi connectivity index (χ2n) is 6.21. The maximum atomic E-state index is 12.2. The van der Waals surface area contributed by atoms with Crippen LogP contribution in [0.25, 0.3) is 5.69 Å². The van der Waals surface area contributed by atoms with E-state index in [-0.39, 0.29) is 5.43 Å². The second-order valence-corrected chi connectivity index (χ2v) is 6.21. The molecule has 0 amide bonds. The van der Waals surface area contributed by atoms with E-state index in [2.05, 4.69) is 29.5 Å². The fourth-order valence-electron chi connectivity index (χ4n) is 3.10. The first-order valence-electron chi connectivity index (χ1n) is 8.04. The molecule has 0 aliphatic heterocycles. The second kappa shape index (κ2) is 6.44. The van der Waals surface area contributed by atoms with Crippen LogP contribution in [-0.4, -0.2) is 15.8 Å². The van der Waals surface area contributed by atoms with Crippen molar-refractivity contribution in [3.63, 3.8) is 0 Å². The molecule has 1 aromatic carbocycles. The SMILES string of the molecule is Cc1cccc(-n2nc(CNC3CCCC3)c(=O)cc2C)c1. The van der Waals surface area contributed by atoms with Crippen molar-refractivity contribution in [1.29, 1.82) is 0 Å². The Morgan fingerprint density at radius 2 is 2.00 bits per heavy atom. The average Bonchev–Trinajstić information content (AvgIpc) is 2.99. The first-order valence-corrected chi connectivity index (χ1v) is 8.04. The lowest BCUT2D eigenvalue weighted by molar-refractivity contribution is 0.512. The van der Waals surface area contributed by atoms with E-state index in [1.165, 1.54) is 31.2 Å². The summed E-state index contributed by atoms with van der Waals surface area (Å²) in [7, 11) is 0. The van der Waals surface area contributed by atoms with Crippen molar-refractivity contribution in [3.8, 4) is 5.69 Å². The molecule has 1 heterocycles. The molecule has 22 heavy (non-hydrogen) atoms. The van der Waals surface area contributed by atoms with Crippen molar-refractivity contribution < 1.29 is 0 Å². The summed E-state index contributed by atoms with van der Waals surface area (Å²) >= 11 is 0. The summed E-state index contributed by atoms with van der Waals surface area (Å²) in [5, 5.41) is 8.06. The summed E-state index contributed by atoms with van der Waals surface area (Å²) in [6.45, 7) is 4.53. The topological polar surface area (TPSA) is 46.9 Å². The molecule has 0 radical (unpaired) electrons. The zero-order valence-electron chi connectivity index (χ0n) is 13.3. The minimum atomic E-state index is 0.0203. The standard InChI is InChI=1S/C18H23N3O/c1-13-6-5-9-16(10-13)21-14(2)11-18(22)17(20-21)12-19-15-7-3-4-8-15/h5-6,9-11,15,19H,3-4,7-8,12H2,1-2H3. The molecule has 1 aliphatic rings. The van der Waals surface area contributed by atoms with E-state index in [1.807, 2.05) is 23.7 Å². The normalized spacial score (nSPS) is 15.4. The minimum absolute atomic E-state index is 0.0203. The van der Waals surface area contributed by atoms with Gasteiger partial charge in [0, 0.05) is 24.3 Å². The Morgan fingerprint density at radius 3 is 2.73 bits per heavy atom. The fraction of sp³-hybridized carbons (Fsp3) is 0.444. The molecule has 0 saturated heterocycles. The predicted molar refractivity (Wildman–Crippen MR) is 88.4 cm³/mol. The lowest BCUT2D eigenvalue weighted by atomic mass is 10.2. The van der Waals surface area contributed by atoms with Gasteiger partial charge in [0.2, 0.25) is 5.43 Å². The summed E-state index contributed by atoms with van der Waals surface area (Å²) in [5.41, 5.74) is 3.66. The summed E-state index contributed by atoms with van der Waals surface area (Å²) in [6, 6.07) is 10.4. The third kappa shape index (κ3) is 3.28. The number of aryl methyl sites for hydroxylation is 2. The highest BCUT2D eigenvalue weighted by atomic mass is 16.1. The van der Waals surface area contributed by atoms with Crippen LogP contribution in [0, 0.1) is 13.8 Å². The van der Waals surface area contributed by atoms with Crippen molar-refractivity contribution in [3.05, 3.63) is 57.5 Å². The van der Waals surface area contributed by atoms with E-state index in [4.69, 9.17) is 0 Å². The monoisotopic (exact) mass is 297 g/mol. The Kier molecular flexibility index (Phi) is 4.39. The first kappa shape index (κ1) is 15.0. The van der Waals surface area contributed by atoms with Crippen molar-refractivity contribution in [1.82, 2.24) is 15.1 Å². The number of aromatic nitrogens is 2. The molecule has 0 spiro atoms. The quantitative estimate of drug-likeness (QED) is 0.944. The molecule has 3 rings (SSSR count). The molecule has 1 saturated carbocycles. The number of nitrogens with one attached hydrogen (secondary N) is 1. The number of nitrogens with zero attached hydrogens (tertiary/aromatic N) is 2. The summed E-state index contributed by atoms with van der Waals surface area (Å²) in [6.07, 6.45) is 4.98. The van der Waals surface area contributed by atoms with Gasteiger partial charge < -0.3 is 5.32 Å². The average molecular weight is 297 g/mol. The van der Waals surface area contributed by atoms with E-state index < -0.39 is 0 Å². The van der Waals surface area contributed by atoms with Crippen molar-refractivity contribution in [2.45, 2.75) is 52.1 Å². The van der Waals surface area contributed by atoms with Gasteiger partial charge in [0.25, 0.3) is 0 Å². The van der Waals surface area contributed by atoms with E-state index >= 15 is 0 Å². The molecule has 4 heteroatoms. The van der Waals surface area contributed by atoms with E-state index in [0.29, 0.717) is 18.3 Å². The van der Waals surface area contributed by atoms with E-state index in [9.17, 15) is 4.79 Å². The molecule has 0 unspecified atom stereocenters. The highest BCUT2D eigenvalue weighted by Gasteiger charge is 2.15. The molecule has 1 aromatic heterocycles. The van der Waals surface area contributed by atoms with Crippen molar-refractivity contribution in [2.24, 2.45) is 0 Å². The van der Waals surface area contributed by atoms with Gasteiger partial charge in [0.1, 0.15) is 5.69 Å². The van der Waals surface area contributed by atoms with Crippen LogP contribution in [0.1, 0.15) is 42.6 Å². The zero-order valence-corrected chi connectivity index (χ0v) is 13.3. The number of hydrogen-bond acceptors (Lipinski definition) is 3. The van der Waals surface area contributed by atoms with Gasteiger partial charge in [-0.05, 0) is 44.4 Å². The van der Waals surface area contributed by atoms with Gasteiger partial charge in [-0.15, -0.1) is 0 Å². The number of benzene rings is 1. The zero-order chi connectivity index (χ0) is 15.5. The molecule has 1 fully saturated rings. The fourth-order valence-corrected chi connectivity index (χ4v) is 3.10. The minimum Gasteiger partial charge on any atom is -0.308 e. The highest BCUT2D eigenvalue weighted by molar-refractivity contribution is 5.36. The smallest absolute Gasteiger partial charge is 0.204 e. The van der Waals surface area contributed by atoms with Crippen LogP contribution in [0.5, 0.6) is 0 Å². The van der Waals surface area contributed by atoms with Crippen LogP contribution in [-0.2, 0) is 6.54 Å². The summed E-state index contributed by atoms with van der Waals surface area (Å²) < 4.78 is 1.86. The lowest BCUT2D eigenvalue weighted by Gasteiger charge is -2.14. The van der Waals surface area contributed by atoms with Crippen LogP contribution in [0.15, 0.2) is 35.1 Å². The largest absolute Gasteiger partial charge is 0.308 e. The number of rotatable bonds is 4. The Morgan fingerprint density at radius 1 is 1.23 bits per heavy atom. The Balaban J connectivity index is 1.87. The maximum absolute atomic E-state index is 12.2. The summed E-state index contributed by atoms with van der Waals surface area (Å²) in [4.78, 5) is 12.2. The van der Waals surface area contributed by atoms with E-state index in [1.54, 1.807) is 6.07 Å². The third-order valence-electron chi connectivity index (χ3n) is 4.34. The highest BCUT2D eigenvalue weighted by Crippen LogP contribution is 2.17. The van der Waals surface area contributed by atoms with Crippen LogP contribution in [0.2, 0.25) is 0 Å². The van der Waals surface area contributed by atoms with Gasteiger partial charge in [-0.1, -0.05) is 25.0 Å². The lowest BCUT2D eigenvalue weighted by Crippen LogP contribution is -2.30. The van der Waals surface area contributed by atoms with Crippen LogP contribution in [0.4, 0.5) is 0 Å². The number of hydrogen-bond donors (Lipinski definition) is 1. The molecule has 1 N–H and O–H groups in total. The Labute approximate surface area is 131 Å². The van der Waals surface area contributed by atoms with Gasteiger partial charge in [-0.3, -0.25) is 4.79 Å². The molecule has 0 bridgehead atoms. The first-order chi connectivity index (χ1) is 10.6. The van der Waals surface area contributed by atoms with Crippen molar-refractivity contribution in [2.75, 3.05) is 0 Å². The van der Waals surface area contributed by atoms with Gasteiger partial charge in [0.05, 0.1) is 5.69 Å². The molecule has 1 aliphatic carbocycles. The summed E-state index contributed by atoms with van der Waals surface area (Å²) in [5.74, 6) is 0. The van der Waals surface area contributed by atoms with Gasteiger partial charge in [0.15, 0.2) is 0 Å². The Hall–Kier alpha value is -1.94. The van der Waals surface area contributed by atoms with Crippen LogP contribution >= 0.6 is 0 Å². The predicted octanol–water partition coefficient (Wildman–Crippen LogP) is 2.88. The molecular formula is C18H23N3O. The Bertz CT molecular complexity index is 715. The maximum Gasteiger partial charge on any atom is 0.204 e. The van der Waals surface area contributed by atoms with E-state index in [0.717, 1.165) is 11.4 Å². The molecule has 4 nitrogen and oxygen atoms in total. The molecule has 2 aromatic rings. The third-order valence-corrected chi connectivity index (χ3v) is 4.34. The molecule has 116 valence electrons. The van der Waals surface area contributed by atoms with Gasteiger partial charge in [-0.2, -0.15) is 5.10 Å². The van der Waals surface area contributed by atoms with Crippen LogP contribution < -0.4 is 10.7 Å². The molecular weight excluding hydrogens is 274 g/mol. The van der Waals surface area contributed by atoms with Gasteiger partial charge >= 0.3 is 0 Å².